The van der Waals surface area contributed by atoms with Crippen LogP contribution in [0, 0.1) is 11.6 Å². The van der Waals surface area contributed by atoms with Crippen LogP contribution < -0.4 is 5.73 Å². The Morgan fingerprint density at radius 1 is 1.12 bits per heavy atom. The Hall–Kier alpha value is -1.62. The molecule has 7 nitrogen and oxygen atoms in total. The van der Waals surface area contributed by atoms with Crippen LogP contribution in [0.25, 0.3) is 0 Å². The lowest BCUT2D eigenvalue weighted by Crippen LogP contribution is -2.61. The second-order valence-corrected chi connectivity index (χ2v) is 8.45. The Labute approximate surface area is 150 Å². The summed E-state index contributed by atoms with van der Waals surface area (Å²) in [5, 5.41) is 0. The van der Waals surface area contributed by atoms with Crippen LogP contribution in [-0.2, 0) is 19.6 Å². The van der Waals surface area contributed by atoms with E-state index in [1.807, 2.05) is 0 Å². The summed E-state index contributed by atoms with van der Waals surface area (Å²) in [5.41, 5.74) is 5.21. The zero-order chi connectivity index (χ0) is 18.9. The average molecular weight is 389 g/mol. The molecule has 2 aliphatic rings. The number of rotatable bonds is 3. The van der Waals surface area contributed by atoms with Gasteiger partial charge in [-0.05, 0) is 25.0 Å². The third-order valence-corrected chi connectivity index (χ3v) is 6.78. The highest BCUT2D eigenvalue weighted by Crippen LogP contribution is 2.24. The molecule has 0 unspecified atom stereocenters. The maximum atomic E-state index is 13.9. The van der Waals surface area contributed by atoms with Crippen molar-refractivity contribution in [2.45, 2.75) is 23.3 Å². The molecule has 10 heteroatoms. The highest BCUT2D eigenvalue weighted by molar-refractivity contribution is 7.89. The number of ether oxygens (including phenoxy) is 1. The van der Waals surface area contributed by atoms with Crippen molar-refractivity contribution in [3.8, 4) is 0 Å². The van der Waals surface area contributed by atoms with Crippen molar-refractivity contribution in [2.75, 3.05) is 39.4 Å². The van der Waals surface area contributed by atoms with Gasteiger partial charge in [-0.15, -0.1) is 0 Å². The molecule has 1 aromatic carbocycles. The quantitative estimate of drug-likeness (QED) is 0.803. The molecule has 0 saturated carbocycles. The van der Waals surface area contributed by atoms with Crippen molar-refractivity contribution >= 4 is 15.9 Å². The third-order valence-electron chi connectivity index (χ3n) is 4.85. The van der Waals surface area contributed by atoms with Crippen LogP contribution >= 0.6 is 0 Å². The summed E-state index contributed by atoms with van der Waals surface area (Å²) in [6, 6.07) is 2.35. The third kappa shape index (κ3) is 3.59. The lowest BCUT2D eigenvalue weighted by molar-refractivity contribution is -0.141. The van der Waals surface area contributed by atoms with Gasteiger partial charge < -0.3 is 15.4 Å². The topological polar surface area (TPSA) is 92.9 Å². The molecule has 1 amide bonds. The molecular weight excluding hydrogens is 368 g/mol. The fourth-order valence-corrected chi connectivity index (χ4v) is 4.69. The number of piperazine rings is 1. The fourth-order valence-electron chi connectivity index (χ4n) is 3.22. The number of hydrogen-bond acceptors (Lipinski definition) is 5. The average Bonchev–Trinajstić information content (AvgIpc) is 2.61. The number of amides is 1. The minimum atomic E-state index is -4.10. The van der Waals surface area contributed by atoms with Crippen molar-refractivity contribution in [3.05, 3.63) is 29.8 Å². The number of nitrogens with two attached hydrogens (primary N) is 1. The number of benzene rings is 1. The first-order valence-corrected chi connectivity index (χ1v) is 9.79. The number of sulfonamides is 1. The van der Waals surface area contributed by atoms with Gasteiger partial charge in [0.15, 0.2) is 0 Å². The Morgan fingerprint density at radius 3 is 2.31 bits per heavy atom. The Morgan fingerprint density at radius 2 is 1.73 bits per heavy atom. The molecule has 0 spiro atoms. The van der Waals surface area contributed by atoms with E-state index in [4.69, 9.17) is 10.5 Å². The van der Waals surface area contributed by atoms with Crippen LogP contribution in [-0.4, -0.2) is 68.5 Å². The maximum absolute atomic E-state index is 13.9. The standard InChI is InChI=1S/C16H21F2N3O4S/c17-12-1-2-14(13(18)11-12)26(23,24)21-7-5-20(6-8-21)15(22)16(19)3-9-25-10-4-16/h1-2,11H,3-10,19H2. The van der Waals surface area contributed by atoms with Crippen LogP contribution in [0.5, 0.6) is 0 Å². The smallest absolute Gasteiger partial charge is 0.246 e. The minimum Gasteiger partial charge on any atom is -0.381 e. The molecule has 144 valence electrons. The molecule has 0 bridgehead atoms. The van der Waals surface area contributed by atoms with E-state index >= 15 is 0 Å². The lowest BCUT2D eigenvalue weighted by Gasteiger charge is -2.40. The van der Waals surface area contributed by atoms with E-state index in [2.05, 4.69) is 0 Å². The van der Waals surface area contributed by atoms with Crippen molar-refractivity contribution in [1.82, 2.24) is 9.21 Å². The van der Waals surface area contributed by atoms with Crippen LogP contribution in [0.3, 0.4) is 0 Å². The summed E-state index contributed by atoms with van der Waals surface area (Å²) in [6.07, 6.45) is 0.844. The van der Waals surface area contributed by atoms with Crippen molar-refractivity contribution in [3.63, 3.8) is 0 Å². The predicted molar refractivity (Wildman–Crippen MR) is 88.7 cm³/mol. The Balaban J connectivity index is 1.69. The molecule has 2 fully saturated rings. The van der Waals surface area contributed by atoms with Crippen LogP contribution in [0.1, 0.15) is 12.8 Å². The monoisotopic (exact) mass is 389 g/mol. The summed E-state index contributed by atoms with van der Waals surface area (Å²) >= 11 is 0. The van der Waals surface area contributed by atoms with E-state index < -0.39 is 32.1 Å². The lowest BCUT2D eigenvalue weighted by atomic mass is 9.89. The number of nitrogens with zero attached hydrogens (tertiary/aromatic N) is 2. The van der Waals surface area contributed by atoms with Crippen molar-refractivity contribution in [1.29, 1.82) is 0 Å². The van der Waals surface area contributed by atoms with Crippen molar-refractivity contribution in [2.24, 2.45) is 5.73 Å². The summed E-state index contributed by atoms with van der Waals surface area (Å²) in [6.45, 7) is 1.22. The molecule has 2 aliphatic heterocycles. The largest absolute Gasteiger partial charge is 0.381 e. The number of carbonyl (C=O) groups excluding carboxylic acids is 1. The van der Waals surface area contributed by atoms with Gasteiger partial charge in [0, 0.05) is 45.5 Å². The summed E-state index contributed by atoms with van der Waals surface area (Å²) in [4.78, 5) is 13.6. The van der Waals surface area contributed by atoms with Crippen LogP contribution in [0.2, 0.25) is 0 Å². The van der Waals surface area contributed by atoms with Gasteiger partial charge in [-0.1, -0.05) is 0 Å². The van der Waals surface area contributed by atoms with E-state index in [1.165, 1.54) is 0 Å². The molecule has 0 radical (unpaired) electrons. The van der Waals surface area contributed by atoms with Gasteiger partial charge in [-0.2, -0.15) is 4.31 Å². The van der Waals surface area contributed by atoms with Gasteiger partial charge in [0.25, 0.3) is 0 Å². The molecule has 0 aliphatic carbocycles. The minimum absolute atomic E-state index is 0.0253. The highest BCUT2D eigenvalue weighted by atomic mass is 32.2. The molecule has 2 N–H and O–H groups in total. The van der Waals surface area contributed by atoms with E-state index in [0.29, 0.717) is 32.1 Å². The first kappa shape index (κ1) is 19.2. The zero-order valence-corrected chi connectivity index (χ0v) is 15.0. The van der Waals surface area contributed by atoms with E-state index in [1.54, 1.807) is 4.90 Å². The molecular formula is C16H21F2N3O4S. The molecule has 1 aromatic rings. The first-order chi connectivity index (χ1) is 12.2. The normalized spacial score (nSPS) is 21.6. The van der Waals surface area contributed by atoms with Gasteiger partial charge in [0.05, 0.1) is 5.54 Å². The molecule has 3 rings (SSSR count). The SMILES string of the molecule is NC1(C(=O)N2CCN(S(=O)(=O)c3ccc(F)cc3F)CC2)CCOCC1. The second-order valence-electron chi connectivity index (χ2n) is 6.54. The van der Waals surface area contributed by atoms with Crippen LogP contribution in [0.15, 0.2) is 23.1 Å². The van der Waals surface area contributed by atoms with Gasteiger partial charge in [-0.3, -0.25) is 4.79 Å². The molecule has 26 heavy (non-hydrogen) atoms. The second kappa shape index (κ2) is 7.18. The molecule has 2 heterocycles. The number of carbonyl (C=O) groups is 1. The highest BCUT2D eigenvalue weighted by Gasteiger charge is 2.41. The number of halogens is 2. The van der Waals surface area contributed by atoms with E-state index in [0.717, 1.165) is 16.4 Å². The Bertz CT molecular complexity index is 789. The maximum Gasteiger partial charge on any atom is 0.246 e. The summed E-state index contributed by atoms with van der Waals surface area (Å²) < 4.78 is 58.4. The van der Waals surface area contributed by atoms with Gasteiger partial charge in [0.1, 0.15) is 16.5 Å². The van der Waals surface area contributed by atoms with Gasteiger partial charge in [0.2, 0.25) is 15.9 Å². The van der Waals surface area contributed by atoms with E-state index in [9.17, 15) is 22.0 Å². The van der Waals surface area contributed by atoms with Crippen molar-refractivity contribution < 1.29 is 26.7 Å². The van der Waals surface area contributed by atoms with Gasteiger partial charge >= 0.3 is 0 Å². The Kier molecular flexibility index (Phi) is 5.29. The molecule has 0 aromatic heterocycles. The van der Waals surface area contributed by atoms with E-state index in [-0.39, 0.29) is 32.1 Å². The van der Waals surface area contributed by atoms with Crippen LogP contribution in [0.4, 0.5) is 8.78 Å². The molecule has 0 atom stereocenters. The summed E-state index contributed by atoms with van der Waals surface area (Å²) in [5.74, 6) is -2.20. The predicted octanol–water partition coefficient (Wildman–Crippen LogP) is 0.306. The first-order valence-electron chi connectivity index (χ1n) is 8.35. The number of hydrogen-bond donors (Lipinski definition) is 1. The fraction of sp³-hybridized carbons (Fsp3) is 0.562. The van der Waals surface area contributed by atoms with Gasteiger partial charge in [-0.25, -0.2) is 17.2 Å². The molecule has 2 saturated heterocycles. The summed E-state index contributed by atoms with van der Waals surface area (Å²) in [7, 11) is -4.10. The zero-order valence-electron chi connectivity index (χ0n) is 14.2.